The van der Waals surface area contributed by atoms with Gasteiger partial charge in [0, 0.05) is 6.20 Å². The van der Waals surface area contributed by atoms with Crippen LogP contribution in [0.4, 0.5) is 0 Å². The first-order chi connectivity index (χ1) is 8.53. The number of hydrogen-bond donors (Lipinski definition) is 3. The standard InChI is InChI=1S/C12H18N4OS/c1-8-2-4-12(5-3-8,11(13)18)16-10(17)9-6-14-15-7-9/h6-8H,2-5H2,1H3,(H2,13,18)(H,14,15)(H,16,17). The smallest absolute Gasteiger partial charge is 0.255 e. The van der Waals surface area contributed by atoms with E-state index in [1.807, 2.05) is 0 Å². The molecule has 1 fully saturated rings. The second-order valence-corrected chi connectivity index (χ2v) is 5.51. The molecular formula is C12H18N4OS. The first-order valence-electron chi connectivity index (χ1n) is 6.15. The molecule has 1 aliphatic rings. The molecule has 0 radical (unpaired) electrons. The van der Waals surface area contributed by atoms with Crippen molar-refractivity contribution in [3.05, 3.63) is 18.0 Å². The van der Waals surface area contributed by atoms with E-state index in [1.165, 1.54) is 6.20 Å². The average molecular weight is 266 g/mol. The van der Waals surface area contributed by atoms with Crippen LogP contribution in [0.5, 0.6) is 0 Å². The van der Waals surface area contributed by atoms with Crippen molar-refractivity contribution in [2.75, 3.05) is 0 Å². The first kappa shape index (κ1) is 13.0. The predicted molar refractivity (Wildman–Crippen MR) is 73.2 cm³/mol. The lowest BCUT2D eigenvalue weighted by atomic mass is 9.77. The molecule has 0 spiro atoms. The molecule has 0 bridgehead atoms. The van der Waals surface area contributed by atoms with Crippen LogP contribution in [0.1, 0.15) is 43.0 Å². The fraction of sp³-hybridized carbons (Fsp3) is 0.583. The number of nitrogens with zero attached hydrogens (tertiary/aromatic N) is 1. The monoisotopic (exact) mass is 266 g/mol. The molecule has 1 aromatic heterocycles. The number of carbonyl (C=O) groups excluding carboxylic acids is 1. The summed E-state index contributed by atoms with van der Waals surface area (Å²) in [6.07, 6.45) is 6.74. The Morgan fingerprint density at radius 3 is 2.78 bits per heavy atom. The van der Waals surface area contributed by atoms with Crippen molar-refractivity contribution < 1.29 is 4.79 Å². The van der Waals surface area contributed by atoms with Gasteiger partial charge >= 0.3 is 0 Å². The van der Waals surface area contributed by atoms with Crippen LogP contribution in [0.3, 0.4) is 0 Å². The van der Waals surface area contributed by atoms with E-state index >= 15 is 0 Å². The van der Waals surface area contributed by atoms with E-state index in [9.17, 15) is 4.79 Å². The molecule has 5 nitrogen and oxygen atoms in total. The van der Waals surface area contributed by atoms with E-state index in [1.54, 1.807) is 6.20 Å². The molecule has 0 aromatic carbocycles. The number of nitrogens with two attached hydrogens (primary N) is 1. The zero-order chi connectivity index (χ0) is 13.2. The summed E-state index contributed by atoms with van der Waals surface area (Å²) in [6.45, 7) is 2.21. The Hall–Kier alpha value is -1.43. The average Bonchev–Trinajstić information content (AvgIpc) is 2.85. The van der Waals surface area contributed by atoms with Gasteiger partial charge in [0.05, 0.1) is 22.3 Å². The van der Waals surface area contributed by atoms with Gasteiger partial charge in [0.1, 0.15) is 0 Å². The van der Waals surface area contributed by atoms with Crippen LogP contribution in [0.15, 0.2) is 12.4 Å². The van der Waals surface area contributed by atoms with Gasteiger partial charge < -0.3 is 11.1 Å². The van der Waals surface area contributed by atoms with E-state index in [4.69, 9.17) is 18.0 Å². The first-order valence-corrected chi connectivity index (χ1v) is 6.55. The normalized spacial score (nSPS) is 27.7. The molecule has 6 heteroatoms. The number of nitrogens with one attached hydrogen (secondary N) is 2. The summed E-state index contributed by atoms with van der Waals surface area (Å²) in [5.74, 6) is 0.490. The number of amides is 1. The topological polar surface area (TPSA) is 83.8 Å². The van der Waals surface area contributed by atoms with Gasteiger partial charge in [0.25, 0.3) is 5.91 Å². The lowest BCUT2D eigenvalue weighted by molar-refractivity contribution is 0.0901. The fourth-order valence-corrected chi connectivity index (χ4v) is 2.61. The maximum absolute atomic E-state index is 12.1. The van der Waals surface area contributed by atoms with E-state index in [0.29, 0.717) is 16.5 Å². The molecule has 1 aliphatic carbocycles. The lowest BCUT2D eigenvalue weighted by Gasteiger charge is -2.39. The van der Waals surface area contributed by atoms with Crippen LogP contribution in [-0.4, -0.2) is 26.6 Å². The second-order valence-electron chi connectivity index (χ2n) is 5.07. The Morgan fingerprint density at radius 2 is 2.28 bits per heavy atom. The number of hydrogen-bond acceptors (Lipinski definition) is 3. The van der Waals surface area contributed by atoms with E-state index < -0.39 is 5.54 Å². The van der Waals surface area contributed by atoms with E-state index in [2.05, 4.69) is 22.4 Å². The van der Waals surface area contributed by atoms with Gasteiger partial charge in [0.2, 0.25) is 0 Å². The fourth-order valence-electron chi connectivity index (χ4n) is 2.35. The summed E-state index contributed by atoms with van der Waals surface area (Å²) < 4.78 is 0. The lowest BCUT2D eigenvalue weighted by Crippen LogP contribution is -2.58. The zero-order valence-corrected chi connectivity index (χ0v) is 11.2. The van der Waals surface area contributed by atoms with Crippen molar-refractivity contribution in [3.63, 3.8) is 0 Å². The molecule has 1 saturated carbocycles. The summed E-state index contributed by atoms with van der Waals surface area (Å²) in [5.41, 5.74) is 5.81. The third-order valence-corrected chi connectivity index (χ3v) is 4.10. The van der Waals surface area contributed by atoms with E-state index in [-0.39, 0.29) is 5.91 Å². The van der Waals surface area contributed by atoms with Crippen LogP contribution in [0, 0.1) is 5.92 Å². The Morgan fingerprint density at radius 1 is 1.61 bits per heavy atom. The summed E-state index contributed by atoms with van der Waals surface area (Å²) in [6, 6.07) is 0. The number of aromatic amines is 1. The molecule has 0 atom stereocenters. The number of aromatic nitrogens is 2. The SMILES string of the molecule is CC1CCC(NC(=O)c2cn[nH]c2)(C(N)=S)CC1. The van der Waals surface area contributed by atoms with Crippen molar-refractivity contribution in [2.45, 2.75) is 38.1 Å². The van der Waals surface area contributed by atoms with E-state index in [0.717, 1.165) is 25.7 Å². The van der Waals surface area contributed by atoms with Gasteiger partial charge in [-0.15, -0.1) is 0 Å². The van der Waals surface area contributed by atoms with Crippen LogP contribution in [-0.2, 0) is 0 Å². The van der Waals surface area contributed by atoms with Crippen LogP contribution >= 0.6 is 12.2 Å². The molecule has 0 unspecified atom stereocenters. The highest BCUT2D eigenvalue weighted by molar-refractivity contribution is 7.80. The molecule has 18 heavy (non-hydrogen) atoms. The van der Waals surface area contributed by atoms with Crippen molar-refractivity contribution in [1.82, 2.24) is 15.5 Å². The quantitative estimate of drug-likeness (QED) is 0.722. The van der Waals surface area contributed by atoms with Gasteiger partial charge in [-0.2, -0.15) is 5.10 Å². The molecule has 1 heterocycles. The second kappa shape index (κ2) is 5.06. The summed E-state index contributed by atoms with van der Waals surface area (Å²) in [7, 11) is 0. The molecule has 0 saturated heterocycles. The van der Waals surface area contributed by atoms with Crippen LogP contribution in [0.2, 0.25) is 0 Å². The molecule has 98 valence electrons. The number of thiocarbonyl (C=S) groups is 1. The molecule has 2 rings (SSSR count). The maximum atomic E-state index is 12.1. The highest BCUT2D eigenvalue weighted by Gasteiger charge is 2.38. The highest BCUT2D eigenvalue weighted by atomic mass is 32.1. The zero-order valence-electron chi connectivity index (χ0n) is 10.4. The van der Waals surface area contributed by atoms with Gasteiger partial charge in [-0.25, -0.2) is 0 Å². The molecule has 1 amide bonds. The Balaban J connectivity index is 2.12. The van der Waals surface area contributed by atoms with Crippen molar-refractivity contribution >= 4 is 23.1 Å². The summed E-state index contributed by atoms with van der Waals surface area (Å²) >= 11 is 5.15. The van der Waals surface area contributed by atoms with Gasteiger partial charge in [-0.3, -0.25) is 9.89 Å². The third kappa shape index (κ3) is 2.53. The molecule has 4 N–H and O–H groups in total. The van der Waals surface area contributed by atoms with Crippen LogP contribution < -0.4 is 11.1 Å². The van der Waals surface area contributed by atoms with Crippen LogP contribution in [0.25, 0.3) is 0 Å². The van der Waals surface area contributed by atoms with Crippen molar-refractivity contribution in [2.24, 2.45) is 11.7 Å². The van der Waals surface area contributed by atoms with Crippen molar-refractivity contribution in [3.8, 4) is 0 Å². The maximum Gasteiger partial charge on any atom is 0.255 e. The molecular weight excluding hydrogens is 248 g/mol. The number of H-pyrrole nitrogens is 1. The molecule has 1 aromatic rings. The Kier molecular flexibility index (Phi) is 3.65. The van der Waals surface area contributed by atoms with Gasteiger partial charge in [0.15, 0.2) is 0 Å². The highest BCUT2D eigenvalue weighted by Crippen LogP contribution is 2.32. The Bertz CT molecular complexity index is 435. The third-order valence-electron chi connectivity index (χ3n) is 3.71. The number of carbonyl (C=O) groups is 1. The summed E-state index contributed by atoms with van der Waals surface area (Å²) in [5, 5.41) is 9.38. The minimum absolute atomic E-state index is 0.175. The Labute approximate surface area is 112 Å². The van der Waals surface area contributed by atoms with Crippen molar-refractivity contribution in [1.29, 1.82) is 0 Å². The minimum Gasteiger partial charge on any atom is -0.391 e. The predicted octanol–water partition coefficient (Wildman–Crippen LogP) is 1.37. The largest absolute Gasteiger partial charge is 0.391 e. The minimum atomic E-state index is -0.532. The van der Waals surface area contributed by atoms with Gasteiger partial charge in [-0.1, -0.05) is 19.1 Å². The number of rotatable bonds is 3. The molecule has 0 aliphatic heterocycles. The summed E-state index contributed by atoms with van der Waals surface area (Å²) in [4.78, 5) is 12.5. The van der Waals surface area contributed by atoms with Gasteiger partial charge in [-0.05, 0) is 31.6 Å².